The van der Waals surface area contributed by atoms with Crippen LogP contribution in [0.25, 0.3) is 83.1 Å². The average molecular weight is 726 g/mol. The molecule has 1 unspecified atom stereocenters. The Morgan fingerprint density at radius 2 is 0.860 bits per heavy atom. The van der Waals surface area contributed by atoms with E-state index in [-0.39, 0.29) is 0 Å². The van der Waals surface area contributed by atoms with Gasteiger partial charge in [-0.15, -0.1) is 0 Å². The van der Waals surface area contributed by atoms with Crippen molar-refractivity contribution in [2.75, 3.05) is 0 Å². The van der Waals surface area contributed by atoms with E-state index >= 15 is 0 Å². The SMILES string of the molecule is c1ccc(-c2ccc(C3Cc4ccc(-c5ccc6c(c5)c5ccccc5n6-c5ccc(-c6cccc(-c7ccccc7)c6)cc5)cc4-c4ccccc43)cc2)cc1. The van der Waals surface area contributed by atoms with Crippen LogP contribution in [0.5, 0.6) is 0 Å². The van der Waals surface area contributed by atoms with Crippen molar-refractivity contribution in [3.63, 3.8) is 0 Å². The zero-order valence-corrected chi connectivity index (χ0v) is 31.5. The van der Waals surface area contributed by atoms with Gasteiger partial charge in [-0.3, -0.25) is 0 Å². The molecule has 1 aliphatic rings. The zero-order chi connectivity index (χ0) is 37.7. The topological polar surface area (TPSA) is 4.93 Å². The summed E-state index contributed by atoms with van der Waals surface area (Å²) >= 11 is 0. The molecule has 1 aliphatic carbocycles. The molecule has 1 atom stereocenters. The van der Waals surface area contributed by atoms with E-state index in [0.717, 1.165) is 12.1 Å². The number of hydrogen-bond donors (Lipinski definition) is 0. The van der Waals surface area contributed by atoms with Crippen molar-refractivity contribution in [3.8, 4) is 61.3 Å². The fourth-order valence-corrected chi connectivity index (χ4v) is 9.14. The molecule has 1 heteroatoms. The van der Waals surface area contributed by atoms with Gasteiger partial charge >= 0.3 is 0 Å². The predicted molar refractivity (Wildman–Crippen MR) is 240 cm³/mol. The molecule has 0 saturated heterocycles. The van der Waals surface area contributed by atoms with Gasteiger partial charge in [0, 0.05) is 22.4 Å². The van der Waals surface area contributed by atoms with Gasteiger partial charge in [0.2, 0.25) is 0 Å². The molecule has 0 saturated carbocycles. The van der Waals surface area contributed by atoms with E-state index in [2.05, 4.69) is 223 Å². The molecule has 0 spiro atoms. The number of fused-ring (bicyclic) bond motifs is 6. The second kappa shape index (κ2) is 13.8. The van der Waals surface area contributed by atoms with E-state index in [9.17, 15) is 0 Å². The smallest absolute Gasteiger partial charge is 0.0541 e. The molecule has 0 aliphatic heterocycles. The Balaban J connectivity index is 0.932. The Hall–Kier alpha value is -7.22. The fraction of sp³-hybridized carbons (Fsp3) is 0.0357. The Morgan fingerprint density at radius 1 is 0.333 bits per heavy atom. The van der Waals surface area contributed by atoms with E-state index < -0.39 is 0 Å². The summed E-state index contributed by atoms with van der Waals surface area (Å²) in [7, 11) is 0. The van der Waals surface area contributed by atoms with Crippen molar-refractivity contribution >= 4 is 21.8 Å². The molecule has 9 aromatic carbocycles. The summed E-state index contributed by atoms with van der Waals surface area (Å²) < 4.78 is 2.41. The highest BCUT2D eigenvalue weighted by molar-refractivity contribution is 6.10. The average Bonchev–Trinajstić information content (AvgIpc) is 3.63. The van der Waals surface area contributed by atoms with Gasteiger partial charge in [-0.25, -0.2) is 0 Å². The maximum absolute atomic E-state index is 2.43. The lowest BCUT2D eigenvalue weighted by Gasteiger charge is -2.29. The minimum atomic E-state index is 0.320. The molecule has 1 heterocycles. The van der Waals surface area contributed by atoms with Crippen molar-refractivity contribution in [3.05, 3.63) is 235 Å². The van der Waals surface area contributed by atoms with Gasteiger partial charge in [0.1, 0.15) is 0 Å². The second-order valence-electron chi connectivity index (χ2n) is 15.3. The summed E-state index contributed by atoms with van der Waals surface area (Å²) in [5.74, 6) is 0.320. The third-order valence-electron chi connectivity index (χ3n) is 12.0. The standard InChI is InChI=1S/C56H39N/c1-3-12-38(13-4-1)40-22-24-42(25-23-40)52-37-47-27-26-45(35-53(47)50-19-8-7-18-49(50)52)46-30-33-56-54(36-46)51-20-9-10-21-55(51)57(56)48-31-28-41(29-32-48)44-17-11-16-43(34-44)39-14-5-2-6-15-39/h1-36,52H,37H2. The second-order valence-corrected chi connectivity index (χ2v) is 15.3. The van der Waals surface area contributed by atoms with Crippen LogP contribution in [0, 0.1) is 0 Å². The van der Waals surface area contributed by atoms with Gasteiger partial charge < -0.3 is 4.57 Å². The normalized spacial score (nSPS) is 13.4. The van der Waals surface area contributed by atoms with Crippen molar-refractivity contribution < 1.29 is 0 Å². The van der Waals surface area contributed by atoms with Gasteiger partial charge in [0.15, 0.2) is 0 Å². The lowest BCUT2D eigenvalue weighted by atomic mass is 9.75. The first kappa shape index (κ1) is 33.1. The van der Waals surface area contributed by atoms with Crippen LogP contribution in [-0.2, 0) is 6.42 Å². The van der Waals surface area contributed by atoms with Gasteiger partial charge in [0.05, 0.1) is 11.0 Å². The summed E-state index contributed by atoms with van der Waals surface area (Å²) in [6.07, 6.45) is 0.987. The first-order valence-corrected chi connectivity index (χ1v) is 19.9. The van der Waals surface area contributed by atoms with Crippen molar-refractivity contribution in [1.29, 1.82) is 0 Å². The van der Waals surface area contributed by atoms with E-state index in [4.69, 9.17) is 0 Å². The van der Waals surface area contributed by atoms with Crippen molar-refractivity contribution in [2.24, 2.45) is 0 Å². The highest BCUT2D eigenvalue weighted by atomic mass is 15.0. The van der Waals surface area contributed by atoms with Crippen molar-refractivity contribution in [2.45, 2.75) is 12.3 Å². The lowest BCUT2D eigenvalue weighted by Crippen LogP contribution is -2.12. The van der Waals surface area contributed by atoms with Crippen LogP contribution in [0.4, 0.5) is 0 Å². The molecular formula is C56H39N. The number of aromatic nitrogens is 1. The number of hydrogen-bond acceptors (Lipinski definition) is 0. The Bertz CT molecular complexity index is 3060. The highest BCUT2D eigenvalue weighted by Crippen LogP contribution is 2.45. The monoisotopic (exact) mass is 725 g/mol. The maximum Gasteiger partial charge on any atom is 0.0541 e. The van der Waals surface area contributed by atoms with Gasteiger partial charge in [-0.05, 0) is 121 Å². The first-order chi connectivity index (χ1) is 28.2. The van der Waals surface area contributed by atoms with Gasteiger partial charge in [0.25, 0.3) is 0 Å². The Labute approximate surface area is 333 Å². The van der Waals surface area contributed by atoms with E-state index in [1.165, 1.54) is 94.1 Å². The van der Waals surface area contributed by atoms with Crippen LogP contribution in [0.1, 0.15) is 22.6 Å². The molecule has 0 N–H and O–H groups in total. The van der Waals surface area contributed by atoms with Crippen LogP contribution < -0.4 is 0 Å². The Morgan fingerprint density at radius 3 is 1.63 bits per heavy atom. The molecule has 0 fully saturated rings. The number of para-hydroxylation sites is 1. The fourth-order valence-electron chi connectivity index (χ4n) is 9.14. The molecular weight excluding hydrogens is 687 g/mol. The summed E-state index contributed by atoms with van der Waals surface area (Å²) in [6, 6.07) is 80.3. The quantitative estimate of drug-likeness (QED) is 0.161. The molecule has 11 rings (SSSR count). The van der Waals surface area contributed by atoms with E-state index in [0.29, 0.717) is 5.92 Å². The largest absolute Gasteiger partial charge is 0.309 e. The molecule has 0 radical (unpaired) electrons. The molecule has 0 amide bonds. The predicted octanol–water partition coefficient (Wildman–Crippen LogP) is 14.8. The highest BCUT2D eigenvalue weighted by Gasteiger charge is 2.26. The third-order valence-corrected chi connectivity index (χ3v) is 12.0. The van der Waals surface area contributed by atoms with Crippen LogP contribution in [0.2, 0.25) is 0 Å². The summed E-state index contributed by atoms with van der Waals surface area (Å²) in [5.41, 5.74) is 20.3. The number of rotatable bonds is 6. The molecule has 57 heavy (non-hydrogen) atoms. The van der Waals surface area contributed by atoms with E-state index in [1.54, 1.807) is 0 Å². The Kier molecular flexibility index (Phi) is 8.03. The lowest BCUT2D eigenvalue weighted by molar-refractivity contribution is 0.794. The summed E-state index contributed by atoms with van der Waals surface area (Å²) in [5, 5.41) is 2.53. The molecule has 0 bridgehead atoms. The number of nitrogens with zero attached hydrogens (tertiary/aromatic N) is 1. The molecule has 1 nitrogen and oxygen atoms in total. The summed E-state index contributed by atoms with van der Waals surface area (Å²) in [4.78, 5) is 0. The maximum atomic E-state index is 2.43. The first-order valence-electron chi connectivity index (χ1n) is 19.9. The van der Waals surface area contributed by atoms with Crippen LogP contribution in [0.15, 0.2) is 218 Å². The molecule has 1 aromatic heterocycles. The van der Waals surface area contributed by atoms with Crippen LogP contribution >= 0.6 is 0 Å². The van der Waals surface area contributed by atoms with E-state index in [1.807, 2.05) is 0 Å². The van der Waals surface area contributed by atoms with Gasteiger partial charge in [-0.1, -0.05) is 176 Å². The third kappa shape index (κ3) is 5.88. The van der Waals surface area contributed by atoms with Crippen LogP contribution in [-0.4, -0.2) is 4.57 Å². The number of benzene rings is 9. The molecule has 10 aromatic rings. The summed E-state index contributed by atoms with van der Waals surface area (Å²) in [6.45, 7) is 0. The minimum Gasteiger partial charge on any atom is -0.309 e. The van der Waals surface area contributed by atoms with Crippen LogP contribution in [0.3, 0.4) is 0 Å². The zero-order valence-electron chi connectivity index (χ0n) is 31.5. The molecule has 268 valence electrons. The van der Waals surface area contributed by atoms with Crippen molar-refractivity contribution in [1.82, 2.24) is 4.57 Å². The van der Waals surface area contributed by atoms with Gasteiger partial charge in [-0.2, -0.15) is 0 Å². The minimum absolute atomic E-state index is 0.320.